The van der Waals surface area contributed by atoms with Gasteiger partial charge in [0.2, 0.25) is 0 Å². The SMILES string of the molecule is Cc1cc(NC2CSCC(C)(C)C2)c(C)cc1O. The molecule has 1 aliphatic rings. The number of phenols is 1. The molecule has 0 aliphatic carbocycles. The predicted molar refractivity (Wildman–Crippen MR) is 80.7 cm³/mol. The summed E-state index contributed by atoms with van der Waals surface area (Å²) in [6, 6.07) is 4.43. The molecule has 0 bridgehead atoms. The maximum Gasteiger partial charge on any atom is 0.118 e. The lowest BCUT2D eigenvalue weighted by Gasteiger charge is -2.36. The van der Waals surface area contributed by atoms with E-state index in [1.807, 2.05) is 31.7 Å². The molecule has 1 heterocycles. The molecule has 0 amide bonds. The summed E-state index contributed by atoms with van der Waals surface area (Å²) in [6.07, 6.45) is 1.21. The standard InChI is InChI=1S/C15H23NOS/c1-10-6-14(17)11(2)5-13(10)16-12-7-15(3,4)9-18-8-12/h5-6,12,16-17H,7-9H2,1-4H3. The second-order valence-corrected chi connectivity index (χ2v) is 7.21. The van der Waals surface area contributed by atoms with E-state index in [1.165, 1.54) is 17.9 Å². The first-order valence-electron chi connectivity index (χ1n) is 6.52. The molecule has 1 saturated heterocycles. The quantitative estimate of drug-likeness (QED) is 0.794. The van der Waals surface area contributed by atoms with Crippen LogP contribution in [-0.2, 0) is 0 Å². The first-order valence-corrected chi connectivity index (χ1v) is 7.67. The fourth-order valence-electron chi connectivity index (χ4n) is 2.53. The van der Waals surface area contributed by atoms with Gasteiger partial charge in [-0.15, -0.1) is 0 Å². The van der Waals surface area contributed by atoms with Crippen molar-refractivity contribution in [3.05, 3.63) is 23.3 Å². The molecule has 0 radical (unpaired) electrons. The number of phenolic OH excluding ortho intramolecular Hbond substituents is 1. The van der Waals surface area contributed by atoms with Gasteiger partial charge in [0.05, 0.1) is 0 Å². The van der Waals surface area contributed by atoms with Crippen LogP contribution in [0.4, 0.5) is 5.69 Å². The molecule has 0 saturated carbocycles. The normalized spacial score (nSPS) is 22.8. The van der Waals surface area contributed by atoms with Gasteiger partial charge in [-0.1, -0.05) is 13.8 Å². The van der Waals surface area contributed by atoms with Gasteiger partial charge in [0.25, 0.3) is 0 Å². The Morgan fingerprint density at radius 3 is 2.67 bits per heavy atom. The number of benzene rings is 1. The van der Waals surface area contributed by atoms with Crippen LogP contribution in [0, 0.1) is 19.3 Å². The molecule has 1 aromatic carbocycles. The fraction of sp³-hybridized carbons (Fsp3) is 0.600. The van der Waals surface area contributed by atoms with Gasteiger partial charge in [0.15, 0.2) is 0 Å². The van der Waals surface area contributed by atoms with Crippen molar-refractivity contribution < 1.29 is 5.11 Å². The predicted octanol–water partition coefficient (Wildman–Crippen LogP) is 3.95. The van der Waals surface area contributed by atoms with E-state index in [4.69, 9.17) is 0 Å². The summed E-state index contributed by atoms with van der Waals surface area (Å²) in [5, 5.41) is 13.3. The van der Waals surface area contributed by atoms with Crippen LogP contribution in [0.5, 0.6) is 5.75 Å². The monoisotopic (exact) mass is 265 g/mol. The molecule has 2 nitrogen and oxygen atoms in total. The van der Waals surface area contributed by atoms with E-state index in [1.54, 1.807) is 0 Å². The van der Waals surface area contributed by atoms with Gasteiger partial charge in [-0.05, 0) is 54.7 Å². The molecule has 100 valence electrons. The van der Waals surface area contributed by atoms with E-state index >= 15 is 0 Å². The van der Waals surface area contributed by atoms with E-state index in [0.717, 1.165) is 16.8 Å². The van der Waals surface area contributed by atoms with Crippen molar-refractivity contribution in [3.63, 3.8) is 0 Å². The molecular weight excluding hydrogens is 242 g/mol. The highest BCUT2D eigenvalue weighted by Crippen LogP contribution is 2.35. The van der Waals surface area contributed by atoms with Crippen LogP contribution < -0.4 is 5.32 Å². The summed E-state index contributed by atoms with van der Waals surface area (Å²) < 4.78 is 0. The van der Waals surface area contributed by atoms with Crippen molar-refractivity contribution >= 4 is 17.4 Å². The molecule has 1 fully saturated rings. The minimum Gasteiger partial charge on any atom is -0.508 e. The molecule has 0 aromatic heterocycles. The first-order chi connectivity index (χ1) is 8.37. The number of hydrogen-bond donors (Lipinski definition) is 2. The van der Waals surface area contributed by atoms with Gasteiger partial charge < -0.3 is 10.4 Å². The van der Waals surface area contributed by atoms with Gasteiger partial charge in [-0.2, -0.15) is 11.8 Å². The Labute approximate surface area is 114 Å². The number of aryl methyl sites for hydroxylation is 2. The van der Waals surface area contributed by atoms with Crippen LogP contribution in [0.3, 0.4) is 0 Å². The molecule has 2 N–H and O–H groups in total. The lowest BCUT2D eigenvalue weighted by molar-refractivity contribution is 0.358. The van der Waals surface area contributed by atoms with Gasteiger partial charge in [-0.3, -0.25) is 0 Å². The summed E-state index contributed by atoms with van der Waals surface area (Å²) >= 11 is 2.03. The van der Waals surface area contributed by atoms with Gasteiger partial charge in [0, 0.05) is 17.5 Å². The third kappa shape index (κ3) is 3.14. The second kappa shape index (κ2) is 5.04. The minimum atomic E-state index is 0.386. The molecule has 0 spiro atoms. The minimum absolute atomic E-state index is 0.386. The van der Waals surface area contributed by atoms with E-state index < -0.39 is 0 Å². The number of nitrogens with one attached hydrogen (secondary N) is 1. The molecule has 3 heteroatoms. The summed E-state index contributed by atoms with van der Waals surface area (Å²) in [7, 11) is 0. The molecule has 1 atom stereocenters. The summed E-state index contributed by atoms with van der Waals surface area (Å²) in [6.45, 7) is 8.66. The van der Waals surface area contributed by atoms with Gasteiger partial charge >= 0.3 is 0 Å². The lowest BCUT2D eigenvalue weighted by atomic mass is 9.87. The zero-order valence-corrected chi connectivity index (χ0v) is 12.5. The average Bonchev–Trinajstić information content (AvgIpc) is 2.24. The van der Waals surface area contributed by atoms with Crippen molar-refractivity contribution in [1.29, 1.82) is 0 Å². The summed E-state index contributed by atoms with van der Waals surface area (Å²) in [5.41, 5.74) is 3.63. The van der Waals surface area contributed by atoms with Crippen molar-refractivity contribution in [2.24, 2.45) is 5.41 Å². The van der Waals surface area contributed by atoms with Crippen molar-refractivity contribution in [1.82, 2.24) is 0 Å². The lowest BCUT2D eigenvalue weighted by Crippen LogP contribution is -2.35. The fourth-order valence-corrected chi connectivity index (χ4v) is 3.81. The third-order valence-electron chi connectivity index (χ3n) is 3.51. The Kier molecular flexibility index (Phi) is 3.81. The summed E-state index contributed by atoms with van der Waals surface area (Å²) in [4.78, 5) is 0. The summed E-state index contributed by atoms with van der Waals surface area (Å²) in [5.74, 6) is 2.80. The number of aromatic hydroxyl groups is 1. The first kappa shape index (κ1) is 13.6. The van der Waals surface area contributed by atoms with E-state index in [9.17, 15) is 5.11 Å². The highest BCUT2D eigenvalue weighted by Gasteiger charge is 2.28. The van der Waals surface area contributed by atoms with Crippen LogP contribution in [0.25, 0.3) is 0 Å². The highest BCUT2D eigenvalue weighted by molar-refractivity contribution is 7.99. The van der Waals surface area contributed by atoms with Crippen LogP contribution >= 0.6 is 11.8 Å². The average molecular weight is 265 g/mol. The van der Waals surface area contributed by atoms with Crippen LogP contribution in [0.1, 0.15) is 31.4 Å². The molecule has 1 aliphatic heterocycles. The number of anilines is 1. The molecular formula is C15H23NOS. The Morgan fingerprint density at radius 1 is 1.28 bits per heavy atom. The highest BCUT2D eigenvalue weighted by atomic mass is 32.2. The number of hydrogen-bond acceptors (Lipinski definition) is 3. The topological polar surface area (TPSA) is 32.3 Å². The zero-order chi connectivity index (χ0) is 13.3. The zero-order valence-electron chi connectivity index (χ0n) is 11.7. The van der Waals surface area contributed by atoms with Crippen molar-refractivity contribution in [2.45, 2.75) is 40.2 Å². The van der Waals surface area contributed by atoms with Crippen LogP contribution in [-0.4, -0.2) is 22.7 Å². The number of thioether (sulfide) groups is 1. The van der Waals surface area contributed by atoms with E-state index in [0.29, 0.717) is 17.2 Å². The van der Waals surface area contributed by atoms with Gasteiger partial charge in [-0.25, -0.2) is 0 Å². The molecule has 1 unspecified atom stereocenters. The Hall–Kier alpha value is -0.830. The Morgan fingerprint density at radius 2 is 2.00 bits per heavy atom. The molecule has 2 rings (SSSR count). The van der Waals surface area contributed by atoms with Crippen molar-refractivity contribution in [2.75, 3.05) is 16.8 Å². The Bertz CT molecular complexity index is 442. The van der Waals surface area contributed by atoms with Crippen LogP contribution in [0.15, 0.2) is 12.1 Å². The van der Waals surface area contributed by atoms with Gasteiger partial charge in [0.1, 0.15) is 5.75 Å². The Balaban J connectivity index is 2.12. The smallest absolute Gasteiger partial charge is 0.118 e. The number of rotatable bonds is 2. The maximum absolute atomic E-state index is 9.68. The largest absolute Gasteiger partial charge is 0.508 e. The van der Waals surface area contributed by atoms with E-state index in [2.05, 4.69) is 25.2 Å². The van der Waals surface area contributed by atoms with Crippen LogP contribution in [0.2, 0.25) is 0 Å². The third-order valence-corrected chi connectivity index (χ3v) is 5.14. The van der Waals surface area contributed by atoms with Crippen molar-refractivity contribution in [3.8, 4) is 5.75 Å². The second-order valence-electron chi connectivity index (χ2n) is 6.18. The maximum atomic E-state index is 9.68. The molecule has 1 aromatic rings. The van der Waals surface area contributed by atoms with E-state index in [-0.39, 0.29) is 0 Å². The molecule has 18 heavy (non-hydrogen) atoms.